The van der Waals surface area contributed by atoms with Crippen molar-refractivity contribution < 1.29 is 19.1 Å². The van der Waals surface area contributed by atoms with E-state index in [0.717, 1.165) is 29.8 Å². The summed E-state index contributed by atoms with van der Waals surface area (Å²) in [6, 6.07) is 9.70. The number of rotatable bonds is 7. The van der Waals surface area contributed by atoms with Crippen LogP contribution in [0.15, 0.2) is 40.5 Å². The van der Waals surface area contributed by atoms with Gasteiger partial charge in [0, 0.05) is 24.0 Å². The third kappa shape index (κ3) is 4.56. The third-order valence-electron chi connectivity index (χ3n) is 7.93. The predicted molar refractivity (Wildman–Crippen MR) is 124 cm³/mol. The van der Waals surface area contributed by atoms with Crippen molar-refractivity contribution in [2.24, 2.45) is 27.0 Å². The van der Waals surface area contributed by atoms with Gasteiger partial charge in [-0.1, -0.05) is 51.1 Å². The highest BCUT2D eigenvalue weighted by Crippen LogP contribution is 2.63. The van der Waals surface area contributed by atoms with Crippen molar-refractivity contribution in [1.29, 1.82) is 0 Å². The number of carbonyl (C=O) groups is 3. The summed E-state index contributed by atoms with van der Waals surface area (Å²) in [5, 5.41) is 10.1. The Morgan fingerprint density at radius 3 is 2.61 bits per heavy atom. The zero-order valence-electron chi connectivity index (χ0n) is 19.6. The van der Waals surface area contributed by atoms with E-state index in [0.29, 0.717) is 18.9 Å². The number of amides is 2. The Kier molecular flexibility index (Phi) is 6.36. The smallest absolute Gasteiger partial charge is 0.306 e. The fourth-order valence-corrected chi connectivity index (χ4v) is 5.29. The van der Waals surface area contributed by atoms with Crippen molar-refractivity contribution in [3.8, 4) is 0 Å². The van der Waals surface area contributed by atoms with Gasteiger partial charge in [0.2, 0.25) is 5.91 Å². The molecule has 3 aliphatic rings. The van der Waals surface area contributed by atoms with Gasteiger partial charge < -0.3 is 4.74 Å². The molecule has 0 radical (unpaired) electrons. The number of nitrogens with zero attached hydrogens (tertiary/aromatic N) is 3. The first-order chi connectivity index (χ1) is 15.7. The van der Waals surface area contributed by atoms with Crippen molar-refractivity contribution in [3.63, 3.8) is 0 Å². The Morgan fingerprint density at radius 2 is 1.94 bits per heavy atom. The van der Waals surface area contributed by atoms with E-state index in [2.05, 4.69) is 36.4 Å². The van der Waals surface area contributed by atoms with E-state index in [1.807, 2.05) is 30.3 Å². The van der Waals surface area contributed by atoms with E-state index in [-0.39, 0.29) is 29.6 Å². The maximum absolute atomic E-state index is 12.4. The summed E-state index contributed by atoms with van der Waals surface area (Å²) in [5.74, 6) is -0.702. The Labute approximate surface area is 194 Å². The van der Waals surface area contributed by atoms with Crippen LogP contribution in [0.25, 0.3) is 0 Å². The second-order valence-electron chi connectivity index (χ2n) is 9.93. The lowest BCUT2D eigenvalue weighted by Gasteiger charge is -2.34. The minimum Gasteiger partial charge on any atom is -0.455 e. The molecular weight excluding hydrogens is 420 g/mol. The molecule has 2 amide bonds. The molecule has 2 aliphatic carbocycles. The van der Waals surface area contributed by atoms with Gasteiger partial charge in [0.25, 0.3) is 5.91 Å². The lowest BCUT2D eigenvalue weighted by Crippen LogP contribution is -2.35. The molecule has 1 aromatic rings. The number of benzene rings is 1. The molecule has 2 fully saturated rings. The van der Waals surface area contributed by atoms with Crippen molar-refractivity contribution in [2.45, 2.75) is 59.3 Å². The van der Waals surface area contributed by atoms with Crippen LogP contribution in [0, 0.1) is 16.7 Å². The summed E-state index contributed by atoms with van der Waals surface area (Å²) >= 11 is 0. The van der Waals surface area contributed by atoms with Crippen LogP contribution in [-0.2, 0) is 19.1 Å². The second kappa shape index (κ2) is 9.08. The van der Waals surface area contributed by atoms with Crippen molar-refractivity contribution in [2.75, 3.05) is 13.2 Å². The number of hydrazone groups is 2. The fraction of sp³-hybridized carbons (Fsp3) is 0.560. The number of nitrogens with one attached hydrogen (secondary N) is 1. The minimum atomic E-state index is -0.592. The Hall–Kier alpha value is -3.03. The summed E-state index contributed by atoms with van der Waals surface area (Å²) in [6.07, 6.45) is 3.75. The van der Waals surface area contributed by atoms with Crippen LogP contribution in [0.1, 0.15) is 64.9 Å². The van der Waals surface area contributed by atoms with Crippen LogP contribution in [-0.4, -0.2) is 47.4 Å². The van der Waals surface area contributed by atoms with Crippen LogP contribution in [0.5, 0.6) is 0 Å². The number of ether oxygens (including phenoxy) is 1. The molecule has 33 heavy (non-hydrogen) atoms. The average molecular weight is 453 g/mol. The maximum Gasteiger partial charge on any atom is 0.306 e. The monoisotopic (exact) mass is 452 g/mol. The Morgan fingerprint density at radius 1 is 1.18 bits per heavy atom. The van der Waals surface area contributed by atoms with E-state index >= 15 is 0 Å². The fourth-order valence-electron chi connectivity index (χ4n) is 5.29. The lowest BCUT2D eigenvalue weighted by atomic mass is 9.70. The summed E-state index contributed by atoms with van der Waals surface area (Å²) in [5.41, 5.74) is 5.59. The number of carbonyl (C=O) groups excluding carboxylic acids is 3. The van der Waals surface area contributed by atoms with Gasteiger partial charge in [0.15, 0.2) is 6.61 Å². The van der Waals surface area contributed by atoms with Gasteiger partial charge >= 0.3 is 5.97 Å². The number of hydrogen-bond donors (Lipinski definition) is 1. The molecule has 0 saturated heterocycles. The molecule has 1 heterocycles. The number of fused-ring (bicyclic) bond motifs is 2. The molecule has 0 spiro atoms. The van der Waals surface area contributed by atoms with Crippen LogP contribution in [0.4, 0.5) is 0 Å². The molecule has 2 bridgehead atoms. The van der Waals surface area contributed by atoms with Gasteiger partial charge in [-0.05, 0) is 36.2 Å². The van der Waals surface area contributed by atoms with Gasteiger partial charge in [0.1, 0.15) is 0 Å². The predicted octanol–water partition coefficient (Wildman–Crippen LogP) is 3.26. The van der Waals surface area contributed by atoms with E-state index in [9.17, 15) is 14.4 Å². The highest BCUT2D eigenvalue weighted by molar-refractivity contribution is 6.02. The average Bonchev–Trinajstić information content (AvgIpc) is 3.44. The van der Waals surface area contributed by atoms with Gasteiger partial charge in [0.05, 0.1) is 18.7 Å². The van der Waals surface area contributed by atoms with Crippen LogP contribution in [0.2, 0.25) is 0 Å². The normalized spacial score (nSPS) is 26.4. The molecule has 8 heteroatoms. The Balaban J connectivity index is 1.18. The molecule has 2 saturated carbocycles. The molecule has 176 valence electrons. The second-order valence-corrected chi connectivity index (χ2v) is 9.93. The zero-order chi connectivity index (χ0) is 23.6. The van der Waals surface area contributed by atoms with Gasteiger partial charge in [-0.2, -0.15) is 10.2 Å². The standard InChI is InChI=1S/C25H32N4O4/c1-24(2)18-11-13-25(24,3)20(15-18)26-27-21(30)16-33-23(32)10-9-22(31)29-14-12-19(28-29)17-7-5-4-6-8-17/h4-8,18H,9-16H2,1-3H3,(H,27,30)/b26-20-. The van der Waals surface area contributed by atoms with Crippen molar-refractivity contribution in [3.05, 3.63) is 35.9 Å². The molecule has 2 atom stereocenters. The van der Waals surface area contributed by atoms with Crippen molar-refractivity contribution >= 4 is 29.2 Å². The van der Waals surface area contributed by atoms with Crippen LogP contribution < -0.4 is 5.43 Å². The molecule has 0 aromatic heterocycles. The number of esters is 1. The molecule has 2 unspecified atom stereocenters. The summed E-state index contributed by atoms with van der Waals surface area (Å²) in [7, 11) is 0. The molecule has 1 aromatic carbocycles. The topological polar surface area (TPSA) is 100 Å². The quantitative estimate of drug-likeness (QED) is 0.507. The summed E-state index contributed by atoms with van der Waals surface area (Å²) in [6.45, 7) is 6.85. The third-order valence-corrected chi connectivity index (χ3v) is 7.93. The first-order valence-corrected chi connectivity index (χ1v) is 11.7. The van der Waals surface area contributed by atoms with Gasteiger partial charge in [-0.3, -0.25) is 14.4 Å². The molecule has 1 N–H and O–H groups in total. The SMILES string of the molecule is CC12CCC(C/C1=N/NC(=O)COC(=O)CCC(=O)N1CCC(c3ccccc3)=N1)C2(C)C. The number of hydrogen-bond acceptors (Lipinski definition) is 6. The molecule has 4 rings (SSSR count). The first kappa shape index (κ1) is 23.1. The van der Waals surface area contributed by atoms with Crippen LogP contribution >= 0.6 is 0 Å². The highest BCUT2D eigenvalue weighted by atomic mass is 16.5. The van der Waals surface area contributed by atoms with E-state index in [1.165, 1.54) is 11.4 Å². The molecule has 1 aliphatic heterocycles. The largest absolute Gasteiger partial charge is 0.455 e. The lowest BCUT2D eigenvalue weighted by molar-refractivity contribution is -0.149. The molecular formula is C25H32N4O4. The van der Waals surface area contributed by atoms with E-state index < -0.39 is 18.5 Å². The zero-order valence-corrected chi connectivity index (χ0v) is 19.6. The minimum absolute atomic E-state index is 0.000412. The van der Waals surface area contributed by atoms with Gasteiger partial charge in [-0.15, -0.1) is 0 Å². The Bertz CT molecular complexity index is 1000. The maximum atomic E-state index is 12.4. The van der Waals surface area contributed by atoms with E-state index in [1.54, 1.807) is 0 Å². The van der Waals surface area contributed by atoms with E-state index in [4.69, 9.17) is 4.74 Å². The first-order valence-electron chi connectivity index (χ1n) is 11.7. The highest BCUT2D eigenvalue weighted by Gasteiger charge is 2.60. The van der Waals surface area contributed by atoms with Gasteiger partial charge in [-0.25, -0.2) is 10.4 Å². The van der Waals surface area contributed by atoms with Crippen molar-refractivity contribution in [1.82, 2.24) is 10.4 Å². The summed E-state index contributed by atoms with van der Waals surface area (Å²) in [4.78, 5) is 36.5. The summed E-state index contributed by atoms with van der Waals surface area (Å²) < 4.78 is 5.02. The molecule has 8 nitrogen and oxygen atoms in total. The van der Waals surface area contributed by atoms with Crippen LogP contribution in [0.3, 0.4) is 0 Å².